The van der Waals surface area contributed by atoms with E-state index in [1.807, 2.05) is 0 Å². The summed E-state index contributed by atoms with van der Waals surface area (Å²) in [6.45, 7) is 10.1. The summed E-state index contributed by atoms with van der Waals surface area (Å²) in [5, 5.41) is 6.86. The van der Waals surface area contributed by atoms with Gasteiger partial charge in [0, 0.05) is 25.3 Å². The van der Waals surface area contributed by atoms with Crippen molar-refractivity contribution in [1.82, 2.24) is 5.32 Å². The molecule has 3 nitrogen and oxygen atoms in total. The van der Waals surface area contributed by atoms with Crippen molar-refractivity contribution in [1.29, 1.82) is 0 Å². The first-order chi connectivity index (χ1) is 8.16. The van der Waals surface area contributed by atoms with Gasteiger partial charge in [-0.2, -0.15) is 0 Å². The van der Waals surface area contributed by atoms with E-state index in [1.165, 1.54) is 22.4 Å². The largest absolute Gasteiger partial charge is 0.382 e. The quantitative estimate of drug-likeness (QED) is 0.839. The topological polar surface area (TPSA) is 33.3 Å². The smallest absolute Gasteiger partial charge is 0.0872 e. The lowest BCUT2D eigenvalue weighted by molar-refractivity contribution is 0.0372. The summed E-state index contributed by atoms with van der Waals surface area (Å²) < 4.78 is 5.68. The van der Waals surface area contributed by atoms with Gasteiger partial charge in [-0.15, -0.1) is 0 Å². The number of hydrogen-bond acceptors (Lipinski definition) is 3. The van der Waals surface area contributed by atoms with E-state index in [9.17, 15) is 0 Å². The molecule has 0 radical (unpaired) electrons. The minimum Gasteiger partial charge on any atom is -0.382 e. The molecule has 94 valence electrons. The molecule has 3 heteroatoms. The van der Waals surface area contributed by atoms with Crippen LogP contribution in [0, 0.1) is 20.8 Å². The van der Waals surface area contributed by atoms with Gasteiger partial charge in [0.05, 0.1) is 12.7 Å². The molecule has 0 spiro atoms. The molecule has 2 rings (SSSR count). The molecule has 1 aromatic carbocycles. The van der Waals surface area contributed by atoms with Crippen molar-refractivity contribution in [2.45, 2.75) is 26.9 Å². The van der Waals surface area contributed by atoms with Crippen LogP contribution in [0.2, 0.25) is 0 Å². The number of benzene rings is 1. The Morgan fingerprint density at radius 1 is 1.29 bits per heavy atom. The fourth-order valence-corrected chi connectivity index (χ4v) is 2.43. The van der Waals surface area contributed by atoms with Gasteiger partial charge in [0.1, 0.15) is 0 Å². The van der Waals surface area contributed by atoms with E-state index in [-0.39, 0.29) is 6.10 Å². The molecule has 1 unspecified atom stereocenters. The zero-order valence-corrected chi connectivity index (χ0v) is 11.0. The lowest BCUT2D eigenvalue weighted by Gasteiger charge is -2.25. The third-order valence-electron chi connectivity index (χ3n) is 3.19. The Labute approximate surface area is 104 Å². The molecule has 1 fully saturated rings. The average Bonchev–Trinajstić information content (AvgIpc) is 2.29. The maximum absolute atomic E-state index is 5.68. The lowest BCUT2D eigenvalue weighted by Crippen LogP contribution is -2.42. The van der Waals surface area contributed by atoms with Gasteiger partial charge in [-0.05, 0) is 31.9 Å². The second-order valence-corrected chi connectivity index (χ2v) is 4.85. The summed E-state index contributed by atoms with van der Waals surface area (Å²) in [5.41, 5.74) is 5.20. The summed E-state index contributed by atoms with van der Waals surface area (Å²) in [4.78, 5) is 0. The van der Waals surface area contributed by atoms with E-state index in [1.54, 1.807) is 0 Å². The molecule has 0 amide bonds. The zero-order chi connectivity index (χ0) is 12.3. The highest BCUT2D eigenvalue weighted by atomic mass is 16.5. The maximum Gasteiger partial charge on any atom is 0.0872 e. The SMILES string of the molecule is Cc1cc(C)c(NCC2CNCCO2)c(C)c1. The molecule has 17 heavy (non-hydrogen) atoms. The molecule has 1 atom stereocenters. The van der Waals surface area contributed by atoms with E-state index in [4.69, 9.17) is 4.74 Å². The summed E-state index contributed by atoms with van der Waals surface area (Å²) in [5.74, 6) is 0. The second kappa shape index (κ2) is 5.52. The van der Waals surface area contributed by atoms with Crippen LogP contribution >= 0.6 is 0 Å². The lowest BCUT2D eigenvalue weighted by atomic mass is 10.0. The minimum absolute atomic E-state index is 0.281. The molecule has 0 saturated carbocycles. The van der Waals surface area contributed by atoms with Gasteiger partial charge in [0.15, 0.2) is 0 Å². The third kappa shape index (κ3) is 3.20. The number of hydrogen-bond donors (Lipinski definition) is 2. The zero-order valence-electron chi connectivity index (χ0n) is 11.0. The van der Waals surface area contributed by atoms with Crippen molar-refractivity contribution in [3.63, 3.8) is 0 Å². The predicted octanol–water partition coefficient (Wildman–Crippen LogP) is 2.01. The molecular formula is C14H22N2O. The molecule has 1 heterocycles. The maximum atomic E-state index is 5.68. The number of ether oxygens (including phenoxy) is 1. The van der Waals surface area contributed by atoms with E-state index in [0.717, 1.165) is 26.2 Å². The van der Waals surface area contributed by atoms with E-state index < -0.39 is 0 Å². The molecule has 0 bridgehead atoms. The van der Waals surface area contributed by atoms with E-state index >= 15 is 0 Å². The van der Waals surface area contributed by atoms with Crippen molar-refractivity contribution >= 4 is 5.69 Å². The second-order valence-electron chi connectivity index (χ2n) is 4.85. The Morgan fingerprint density at radius 2 is 2.00 bits per heavy atom. The molecule has 1 aromatic rings. The van der Waals surface area contributed by atoms with Crippen LogP contribution in [0.4, 0.5) is 5.69 Å². The Balaban J connectivity index is 1.98. The van der Waals surface area contributed by atoms with Gasteiger partial charge < -0.3 is 15.4 Å². The first-order valence-corrected chi connectivity index (χ1v) is 6.31. The summed E-state index contributed by atoms with van der Waals surface area (Å²) >= 11 is 0. The molecule has 2 N–H and O–H groups in total. The monoisotopic (exact) mass is 234 g/mol. The van der Waals surface area contributed by atoms with Crippen molar-refractivity contribution in [2.24, 2.45) is 0 Å². The van der Waals surface area contributed by atoms with Crippen LogP contribution in [0.15, 0.2) is 12.1 Å². The van der Waals surface area contributed by atoms with Gasteiger partial charge >= 0.3 is 0 Å². The Hall–Kier alpha value is -1.06. The van der Waals surface area contributed by atoms with Crippen molar-refractivity contribution in [3.8, 4) is 0 Å². The van der Waals surface area contributed by atoms with Crippen molar-refractivity contribution in [3.05, 3.63) is 28.8 Å². The van der Waals surface area contributed by atoms with Crippen LogP contribution in [0.5, 0.6) is 0 Å². The summed E-state index contributed by atoms with van der Waals surface area (Å²) in [7, 11) is 0. The fourth-order valence-electron chi connectivity index (χ4n) is 2.43. The number of nitrogens with one attached hydrogen (secondary N) is 2. The fraction of sp³-hybridized carbons (Fsp3) is 0.571. The van der Waals surface area contributed by atoms with Crippen LogP contribution in [-0.2, 0) is 4.74 Å². The predicted molar refractivity (Wildman–Crippen MR) is 71.8 cm³/mol. The Morgan fingerprint density at radius 3 is 2.59 bits per heavy atom. The van der Waals surface area contributed by atoms with Crippen molar-refractivity contribution < 1.29 is 4.74 Å². The number of rotatable bonds is 3. The molecule has 1 aliphatic rings. The van der Waals surface area contributed by atoms with E-state index in [0.29, 0.717) is 0 Å². The molecule has 1 saturated heterocycles. The molecular weight excluding hydrogens is 212 g/mol. The van der Waals surface area contributed by atoms with Crippen molar-refractivity contribution in [2.75, 3.05) is 31.6 Å². The molecule has 1 aliphatic heterocycles. The first-order valence-electron chi connectivity index (χ1n) is 6.31. The molecule has 0 aromatic heterocycles. The van der Waals surface area contributed by atoms with Crippen LogP contribution in [0.25, 0.3) is 0 Å². The third-order valence-corrected chi connectivity index (χ3v) is 3.19. The van der Waals surface area contributed by atoms with Crippen LogP contribution < -0.4 is 10.6 Å². The Kier molecular flexibility index (Phi) is 4.02. The average molecular weight is 234 g/mol. The minimum atomic E-state index is 0.281. The number of morpholine rings is 1. The summed E-state index contributed by atoms with van der Waals surface area (Å²) in [6, 6.07) is 4.44. The van der Waals surface area contributed by atoms with Crippen LogP contribution in [-0.4, -0.2) is 32.3 Å². The van der Waals surface area contributed by atoms with Gasteiger partial charge in [-0.1, -0.05) is 17.7 Å². The van der Waals surface area contributed by atoms with Gasteiger partial charge in [0.2, 0.25) is 0 Å². The van der Waals surface area contributed by atoms with Crippen LogP contribution in [0.1, 0.15) is 16.7 Å². The normalized spacial score (nSPS) is 20.3. The highest BCUT2D eigenvalue weighted by Gasteiger charge is 2.13. The number of aryl methyl sites for hydroxylation is 3. The van der Waals surface area contributed by atoms with Gasteiger partial charge in [-0.25, -0.2) is 0 Å². The number of anilines is 1. The highest BCUT2D eigenvalue weighted by molar-refractivity contribution is 5.58. The molecule has 0 aliphatic carbocycles. The highest BCUT2D eigenvalue weighted by Crippen LogP contribution is 2.21. The van der Waals surface area contributed by atoms with E-state index in [2.05, 4.69) is 43.5 Å². The van der Waals surface area contributed by atoms with Gasteiger partial charge in [0.25, 0.3) is 0 Å². The standard InChI is InChI=1S/C14H22N2O/c1-10-6-11(2)14(12(3)7-10)16-9-13-8-15-4-5-17-13/h6-7,13,15-16H,4-5,8-9H2,1-3H3. The Bertz CT molecular complexity index is 361. The van der Waals surface area contributed by atoms with Gasteiger partial charge in [-0.3, -0.25) is 0 Å². The van der Waals surface area contributed by atoms with Crippen LogP contribution in [0.3, 0.4) is 0 Å². The summed E-state index contributed by atoms with van der Waals surface area (Å²) in [6.07, 6.45) is 0.281. The first kappa shape index (κ1) is 12.4.